The Morgan fingerprint density at radius 2 is 2.05 bits per heavy atom. The number of pyridine rings is 1. The second-order valence-corrected chi connectivity index (χ2v) is 5.84. The number of aliphatic hydroxyl groups is 1. The van der Waals surface area contributed by atoms with E-state index in [-0.39, 0.29) is 19.0 Å². The molecular formula is C17H24ClN3O. The van der Waals surface area contributed by atoms with Crippen LogP contribution in [0.1, 0.15) is 18.4 Å². The van der Waals surface area contributed by atoms with Gasteiger partial charge in [-0.05, 0) is 31.4 Å². The summed E-state index contributed by atoms with van der Waals surface area (Å²) < 4.78 is 0. The summed E-state index contributed by atoms with van der Waals surface area (Å²) in [5.41, 5.74) is 2.43. The minimum atomic E-state index is 0. The van der Waals surface area contributed by atoms with Crippen molar-refractivity contribution in [2.75, 3.05) is 31.6 Å². The van der Waals surface area contributed by atoms with Gasteiger partial charge in [0.25, 0.3) is 0 Å². The number of fused-ring (bicyclic) bond motifs is 1. The highest BCUT2D eigenvalue weighted by atomic mass is 35.5. The van der Waals surface area contributed by atoms with Gasteiger partial charge in [0, 0.05) is 54.5 Å². The topological polar surface area (TPSA) is 48.4 Å². The van der Waals surface area contributed by atoms with Gasteiger partial charge in [0.1, 0.15) is 0 Å². The van der Waals surface area contributed by atoms with Crippen LogP contribution in [-0.2, 0) is 0 Å². The Morgan fingerprint density at radius 3 is 2.77 bits per heavy atom. The van der Waals surface area contributed by atoms with Gasteiger partial charge < -0.3 is 15.3 Å². The number of nitrogens with one attached hydrogen (secondary N) is 1. The second-order valence-electron chi connectivity index (χ2n) is 5.84. The van der Waals surface area contributed by atoms with Crippen molar-refractivity contribution in [1.82, 2.24) is 9.88 Å². The first-order chi connectivity index (χ1) is 10.3. The van der Waals surface area contributed by atoms with Gasteiger partial charge in [0.15, 0.2) is 0 Å². The van der Waals surface area contributed by atoms with E-state index in [1.807, 2.05) is 12.4 Å². The normalized spacial score (nSPS) is 16.5. The summed E-state index contributed by atoms with van der Waals surface area (Å²) in [5.74, 6) is 0. The highest BCUT2D eigenvalue weighted by Crippen LogP contribution is 2.27. The third kappa shape index (κ3) is 3.69. The summed E-state index contributed by atoms with van der Waals surface area (Å²) in [4.78, 5) is 6.60. The van der Waals surface area contributed by atoms with Gasteiger partial charge in [-0.15, -0.1) is 12.4 Å². The summed E-state index contributed by atoms with van der Waals surface area (Å²) in [6.45, 7) is 5.29. The minimum Gasteiger partial charge on any atom is -0.395 e. The van der Waals surface area contributed by atoms with E-state index in [1.54, 1.807) is 0 Å². The van der Waals surface area contributed by atoms with Gasteiger partial charge in [-0.3, -0.25) is 4.98 Å². The molecule has 0 amide bonds. The maximum Gasteiger partial charge on any atom is 0.0558 e. The molecule has 1 aromatic heterocycles. The number of β-amino-alcohol motifs (C(OH)–C–C–N with tert-alkyl or cyclic N) is 1. The molecule has 1 aliphatic rings. The number of aryl methyl sites for hydroxylation is 1. The van der Waals surface area contributed by atoms with Crippen LogP contribution in [0.2, 0.25) is 0 Å². The fourth-order valence-electron chi connectivity index (χ4n) is 3.19. The molecule has 1 saturated heterocycles. The molecule has 3 rings (SSSR count). The number of hydrogen-bond acceptors (Lipinski definition) is 4. The van der Waals surface area contributed by atoms with E-state index in [2.05, 4.69) is 40.3 Å². The molecule has 0 saturated carbocycles. The monoisotopic (exact) mass is 321 g/mol. The lowest BCUT2D eigenvalue weighted by atomic mass is 10.0. The second kappa shape index (κ2) is 7.77. The SMILES string of the molecule is Cc1cncc2cccc(NC3CCN(CCO)CC3)c12.Cl. The molecule has 0 unspecified atom stereocenters. The highest BCUT2D eigenvalue weighted by molar-refractivity contribution is 5.95. The quantitative estimate of drug-likeness (QED) is 0.909. The number of nitrogens with zero attached hydrogens (tertiary/aromatic N) is 2. The van der Waals surface area contributed by atoms with Crippen molar-refractivity contribution in [2.45, 2.75) is 25.8 Å². The highest BCUT2D eigenvalue weighted by Gasteiger charge is 2.19. The van der Waals surface area contributed by atoms with E-state index in [4.69, 9.17) is 5.11 Å². The fraction of sp³-hybridized carbons (Fsp3) is 0.471. The number of halogens is 1. The molecule has 1 aromatic carbocycles. The lowest BCUT2D eigenvalue weighted by Crippen LogP contribution is -2.40. The van der Waals surface area contributed by atoms with Crippen molar-refractivity contribution in [3.05, 3.63) is 36.2 Å². The number of aromatic nitrogens is 1. The van der Waals surface area contributed by atoms with Crippen LogP contribution in [0.5, 0.6) is 0 Å². The van der Waals surface area contributed by atoms with Crippen LogP contribution in [0, 0.1) is 6.92 Å². The lowest BCUT2D eigenvalue weighted by molar-refractivity contribution is 0.168. The molecule has 0 atom stereocenters. The van der Waals surface area contributed by atoms with Crippen molar-refractivity contribution in [3.8, 4) is 0 Å². The lowest BCUT2D eigenvalue weighted by Gasteiger charge is -2.32. The Labute approximate surface area is 138 Å². The number of hydrogen-bond donors (Lipinski definition) is 2. The van der Waals surface area contributed by atoms with Gasteiger partial charge in [-0.25, -0.2) is 0 Å². The van der Waals surface area contributed by atoms with E-state index in [9.17, 15) is 0 Å². The Balaban J connectivity index is 0.00000176. The number of piperidine rings is 1. The molecule has 2 aromatic rings. The van der Waals surface area contributed by atoms with Crippen LogP contribution >= 0.6 is 12.4 Å². The van der Waals surface area contributed by atoms with E-state index in [1.165, 1.54) is 22.0 Å². The zero-order chi connectivity index (χ0) is 14.7. The molecule has 120 valence electrons. The zero-order valence-electron chi connectivity index (χ0n) is 13.0. The van der Waals surface area contributed by atoms with Gasteiger partial charge >= 0.3 is 0 Å². The van der Waals surface area contributed by atoms with Crippen molar-refractivity contribution in [2.24, 2.45) is 0 Å². The molecular weight excluding hydrogens is 298 g/mol. The number of rotatable bonds is 4. The third-order valence-electron chi connectivity index (χ3n) is 4.34. The van der Waals surface area contributed by atoms with Crippen molar-refractivity contribution < 1.29 is 5.11 Å². The average molecular weight is 322 g/mol. The molecule has 4 nitrogen and oxygen atoms in total. The smallest absolute Gasteiger partial charge is 0.0558 e. The Kier molecular flexibility index (Phi) is 6.00. The molecule has 5 heteroatoms. The maximum absolute atomic E-state index is 9.01. The van der Waals surface area contributed by atoms with Gasteiger partial charge in [-0.2, -0.15) is 0 Å². The van der Waals surface area contributed by atoms with E-state index in [0.717, 1.165) is 32.5 Å². The first-order valence-corrected chi connectivity index (χ1v) is 7.71. The van der Waals surface area contributed by atoms with Crippen molar-refractivity contribution in [3.63, 3.8) is 0 Å². The predicted octanol–water partition coefficient (Wildman–Crippen LogP) is 2.83. The standard InChI is InChI=1S/C17H23N3O.ClH/c1-13-11-18-12-14-3-2-4-16(17(13)14)19-15-5-7-20(8-6-15)9-10-21;/h2-4,11-12,15,19,21H,5-10H2,1H3;1H. The predicted molar refractivity (Wildman–Crippen MR) is 93.9 cm³/mol. The molecule has 1 fully saturated rings. The molecule has 0 aliphatic carbocycles. The number of likely N-dealkylation sites (tertiary alicyclic amines) is 1. The van der Waals surface area contributed by atoms with Crippen LogP contribution < -0.4 is 5.32 Å². The van der Waals surface area contributed by atoms with Gasteiger partial charge in [-0.1, -0.05) is 12.1 Å². The largest absolute Gasteiger partial charge is 0.395 e. The Morgan fingerprint density at radius 1 is 1.27 bits per heavy atom. The molecule has 0 spiro atoms. The van der Waals surface area contributed by atoms with Crippen LogP contribution in [0.3, 0.4) is 0 Å². The van der Waals surface area contributed by atoms with Crippen molar-refractivity contribution >= 4 is 28.9 Å². The Hall–Kier alpha value is -1.36. The minimum absolute atomic E-state index is 0. The molecule has 0 bridgehead atoms. The fourth-order valence-corrected chi connectivity index (χ4v) is 3.19. The first-order valence-electron chi connectivity index (χ1n) is 7.71. The molecule has 1 aliphatic heterocycles. The summed E-state index contributed by atoms with van der Waals surface area (Å²) in [5, 5.41) is 15.2. The number of anilines is 1. The maximum atomic E-state index is 9.01. The summed E-state index contributed by atoms with van der Waals surface area (Å²) >= 11 is 0. The van der Waals surface area contributed by atoms with Crippen molar-refractivity contribution in [1.29, 1.82) is 0 Å². The molecule has 2 N–H and O–H groups in total. The molecule has 2 heterocycles. The summed E-state index contributed by atoms with van der Waals surface area (Å²) in [7, 11) is 0. The van der Waals surface area contributed by atoms with Crippen LogP contribution in [0.25, 0.3) is 10.8 Å². The van der Waals surface area contributed by atoms with E-state index >= 15 is 0 Å². The van der Waals surface area contributed by atoms with Crippen LogP contribution in [0.4, 0.5) is 5.69 Å². The molecule has 0 radical (unpaired) electrons. The van der Waals surface area contributed by atoms with Gasteiger partial charge in [0.2, 0.25) is 0 Å². The summed E-state index contributed by atoms with van der Waals surface area (Å²) in [6.07, 6.45) is 6.11. The molecule has 22 heavy (non-hydrogen) atoms. The van der Waals surface area contributed by atoms with E-state index in [0.29, 0.717) is 6.04 Å². The third-order valence-corrected chi connectivity index (χ3v) is 4.34. The first kappa shape index (κ1) is 17.0. The number of aliphatic hydroxyl groups excluding tert-OH is 1. The average Bonchev–Trinajstić information content (AvgIpc) is 2.50. The summed E-state index contributed by atoms with van der Waals surface area (Å²) in [6, 6.07) is 6.88. The van der Waals surface area contributed by atoms with Crippen LogP contribution in [0.15, 0.2) is 30.6 Å². The Bertz CT molecular complexity index is 607. The number of benzene rings is 1. The van der Waals surface area contributed by atoms with E-state index < -0.39 is 0 Å². The van der Waals surface area contributed by atoms with Crippen LogP contribution in [-0.4, -0.2) is 47.3 Å². The zero-order valence-corrected chi connectivity index (χ0v) is 13.8. The van der Waals surface area contributed by atoms with Gasteiger partial charge in [0.05, 0.1) is 6.61 Å².